The van der Waals surface area contributed by atoms with Crippen molar-refractivity contribution in [3.63, 3.8) is 0 Å². The van der Waals surface area contributed by atoms with Gasteiger partial charge in [0.2, 0.25) is 5.71 Å². The van der Waals surface area contributed by atoms with Gasteiger partial charge < -0.3 is 17.8 Å². The van der Waals surface area contributed by atoms with E-state index in [1.807, 2.05) is 22.8 Å². The monoisotopic (exact) mass is 323 g/mol. The molecule has 4 rings (SSSR count). The SMILES string of the molecule is CC(C)Cn1cnc2oc(-c3ccco3)c(-c3ccco3)c2c1=N. The molecule has 6 heteroatoms. The predicted molar refractivity (Wildman–Crippen MR) is 88.1 cm³/mol. The molecular formula is C18H17N3O3. The highest BCUT2D eigenvalue weighted by Crippen LogP contribution is 2.39. The maximum Gasteiger partial charge on any atom is 0.232 e. The summed E-state index contributed by atoms with van der Waals surface area (Å²) in [7, 11) is 0. The first-order valence-electron chi connectivity index (χ1n) is 7.79. The van der Waals surface area contributed by atoms with Crippen molar-refractivity contribution in [2.75, 3.05) is 0 Å². The van der Waals surface area contributed by atoms with E-state index in [1.54, 1.807) is 24.9 Å². The van der Waals surface area contributed by atoms with Crippen molar-refractivity contribution in [2.24, 2.45) is 5.92 Å². The molecule has 0 aliphatic heterocycles. The summed E-state index contributed by atoms with van der Waals surface area (Å²) in [5, 5.41) is 9.23. The Labute approximate surface area is 137 Å². The second kappa shape index (κ2) is 5.56. The summed E-state index contributed by atoms with van der Waals surface area (Å²) in [6.45, 7) is 4.92. The average Bonchev–Trinajstić information content (AvgIpc) is 3.29. The molecule has 0 unspecified atom stereocenters. The number of nitrogens with one attached hydrogen (secondary N) is 1. The van der Waals surface area contributed by atoms with Crippen LogP contribution in [0.15, 0.2) is 56.4 Å². The Balaban J connectivity index is 2.06. The highest BCUT2D eigenvalue weighted by molar-refractivity contribution is 5.97. The lowest BCUT2D eigenvalue weighted by atomic mass is 10.1. The van der Waals surface area contributed by atoms with Crippen molar-refractivity contribution in [1.29, 1.82) is 5.41 Å². The number of hydrogen-bond acceptors (Lipinski definition) is 5. The Bertz CT molecular complexity index is 1020. The number of nitrogens with zero attached hydrogens (tertiary/aromatic N) is 2. The third-order valence-electron chi connectivity index (χ3n) is 3.80. The summed E-state index contributed by atoms with van der Waals surface area (Å²) in [5.74, 6) is 2.13. The average molecular weight is 323 g/mol. The van der Waals surface area contributed by atoms with Crippen LogP contribution in [0.25, 0.3) is 33.9 Å². The lowest BCUT2D eigenvalue weighted by molar-refractivity contribution is 0.498. The first-order valence-corrected chi connectivity index (χ1v) is 7.79. The summed E-state index contributed by atoms with van der Waals surface area (Å²) in [4.78, 5) is 4.39. The van der Waals surface area contributed by atoms with E-state index in [4.69, 9.17) is 18.7 Å². The van der Waals surface area contributed by atoms with Gasteiger partial charge in [0.25, 0.3) is 0 Å². The predicted octanol–water partition coefficient (Wildman–Crippen LogP) is 4.28. The molecular weight excluding hydrogens is 306 g/mol. The van der Waals surface area contributed by atoms with Crippen molar-refractivity contribution in [1.82, 2.24) is 9.55 Å². The fourth-order valence-corrected chi connectivity index (χ4v) is 2.82. The zero-order valence-electron chi connectivity index (χ0n) is 13.4. The van der Waals surface area contributed by atoms with Crippen molar-refractivity contribution >= 4 is 11.1 Å². The second-order valence-electron chi connectivity index (χ2n) is 6.08. The smallest absolute Gasteiger partial charge is 0.232 e. The topological polar surface area (TPSA) is 81.1 Å². The van der Waals surface area contributed by atoms with Crippen molar-refractivity contribution < 1.29 is 13.3 Å². The Hall–Kier alpha value is -3.02. The van der Waals surface area contributed by atoms with Gasteiger partial charge in [-0.1, -0.05) is 13.8 Å². The highest BCUT2D eigenvalue weighted by Gasteiger charge is 2.24. The highest BCUT2D eigenvalue weighted by atomic mass is 16.4. The zero-order valence-corrected chi connectivity index (χ0v) is 13.4. The van der Waals surface area contributed by atoms with E-state index < -0.39 is 0 Å². The molecule has 4 heterocycles. The van der Waals surface area contributed by atoms with Gasteiger partial charge in [-0.2, -0.15) is 0 Å². The lowest BCUT2D eigenvalue weighted by Crippen LogP contribution is -2.22. The minimum absolute atomic E-state index is 0.349. The number of fused-ring (bicyclic) bond motifs is 1. The largest absolute Gasteiger partial charge is 0.464 e. The molecule has 1 N–H and O–H groups in total. The van der Waals surface area contributed by atoms with Crippen LogP contribution in [0.3, 0.4) is 0 Å². The quantitative estimate of drug-likeness (QED) is 0.607. The number of aromatic nitrogens is 2. The summed E-state index contributed by atoms with van der Waals surface area (Å²) in [6, 6.07) is 7.26. The van der Waals surface area contributed by atoms with E-state index in [-0.39, 0.29) is 0 Å². The molecule has 4 aromatic rings. The van der Waals surface area contributed by atoms with E-state index in [0.29, 0.717) is 51.9 Å². The van der Waals surface area contributed by atoms with Crippen LogP contribution in [0, 0.1) is 11.3 Å². The molecule has 122 valence electrons. The summed E-state index contributed by atoms with van der Waals surface area (Å²) >= 11 is 0. The van der Waals surface area contributed by atoms with Gasteiger partial charge in [0, 0.05) is 6.54 Å². The van der Waals surface area contributed by atoms with Crippen LogP contribution in [0.5, 0.6) is 0 Å². The van der Waals surface area contributed by atoms with E-state index in [1.165, 1.54) is 0 Å². The van der Waals surface area contributed by atoms with Gasteiger partial charge in [-0.3, -0.25) is 5.41 Å². The number of rotatable bonds is 4. The van der Waals surface area contributed by atoms with E-state index in [9.17, 15) is 0 Å². The van der Waals surface area contributed by atoms with Crippen molar-refractivity contribution in [3.05, 3.63) is 48.6 Å². The van der Waals surface area contributed by atoms with Crippen LogP contribution in [-0.2, 0) is 6.54 Å². The second-order valence-corrected chi connectivity index (χ2v) is 6.08. The summed E-state index contributed by atoms with van der Waals surface area (Å²) in [6.07, 6.45) is 4.83. The van der Waals surface area contributed by atoms with Crippen LogP contribution in [0.1, 0.15) is 13.8 Å². The molecule has 0 amide bonds. The zero-order chi connectivity index (χ0) is 16.7. The lowest BCUT2D eigenvalue weighted by Gasteiger charge is -2.09. The first kappa shape index (κ1) is 14.6. The molecule has 0 fully saturated rings. The third kappa shape index (κ3) is 2.27. The molecule has 0 radical (unpaired) electrons. The van der Waals surface area contributed by atoms with E-state index in [2.05, 4.69) is 18.8 Å². The van der Waals surface area contributed by atoms with Crippen LogP contribution in [-0.4, -0.2) is 9.55 Å². The van der Waals surface area contributed by atoms with Crippen LogP contribution >= 0.6 is 0 Å². The Kier molecular flexibility index (Phi) is 3.37. The van der Waals surface area contributed by atoms with Gasteiger partial charge in [-0.05, 0) is 30.2 Å². The van der Waals surface area contributed by atoms with Gasteiger partial charge in [-0.25, -0.2) is 4.98 Å². The van der Waals surface area contributed by atoms with Gasteiger partial charge in [-0.15, -0.1) is 0 Å². The third-order valence-corrected chi connectivity index (χ3v) is 3.80. The van der Waals surface area contributed by atoms with Crippen molar-refractivity contribution in [3.8, 4) is 22.8 Å². The maximum absolute atomic E-state index is 8.61. The Morgan fingerprint density at radius 1 is 1.12 bits per heavy atom. The first-order chi connectivity index (χ1) is 11.6. The number of hydrogen-bond donors (Lipinski definition) is 1. The van der Waals surface area contributed by atoms with Crippen LogP contribution in [0.2, 0.25) is 0 Å². The molecule has 0 aliphatic rings. The van der Waals surface area contributed by atoms with E-state index in [0.717, 1.165) is 0 Å². The standard InChI is InChI=1S/C18H17N3O3/c1-11(2)9-21-10-20-18-15(17(21)19)14(12-5-3-7-22-12)16(24-18)13-6-4-8-23-13/h3-8,10-11,19H,9H2,1-2H3. The van der Waals surface area contributed by atoms with Gasteiger partial charge >= 0.3 is 0 Å². The van der Waals surface area contributed by atoms with E-state index >= 15 is 0 Å². The molecule has 0 bridgehead atoms. The molecule has 0 saturated carbocycles. The number of furan rings is 3. The minimum Gasteiger partial charge on any atom is -0.464 e. The minimum atomic E-state index is 0.349. The summed E-state index contributed by atoms with van der Waals surface area (Å²) < 4.78 is 18.8. The van der Waals surface area contributed by atoms with Crippen LogP contribution < -0.4 is 5.49 Å². The fraction of sp³-hybridized carbons (Fsp3) is 0.222. The molecule has 6 nitrogen and oxygen atoms in total. The molecule has 0 saturated heterocycles. The molecule has 0 aliphatic carbocycles. The van der Waals surface area contributed by atoms with Gasteiger partial charge in [0.1, 0.15) is 17.6 Å². The fourth-order valence-electron chi connectivity index (χ4n) is 2.82. The Morgan fingerprint density at radius 2 is 1.83 bits per heavy atom. The maximum atomic E-state index is 8.61. The molecule has 0 atom stereocenters. The summed E-state index contributed by atoms with van der Waals surface area (Å²) in [5.41, 5.74) is 1.44. The normalized spacial score (nSPS) is 11.6. The molecule has 0 aromatic carbocycles. The molecule has 0 spiro atoms. The van der Waals surface area contributed by atoms with Gasteiger partial charge in [0.15, 0.2) is 11.5 Å². The van der Waals surface area contributed by atoms with Crippen LogP contribution in [0.4, 0.5) is 0 Å². The Morgan fingerprint density at radius 3 is 2.46 bits per heavy atom. The van der Waals surface area contributed by atoms with Gasteiger partial charge in [0.05, 0.1) is 23.5 Å². The molecule has 24 heavy (non-hydrogen) atoms. The molecule has 4 aromatic heterocycles. The van der Waals surface area contributed by atoms with Crippen molar-refractivity contribution in [2.45, 2.75) is 20.4 Å².